The van der Waals surface area contributed by atoms with Gasteiger partial charge < -0.3 is 14.6 Å². The molecule has 4 nitrogen and oxygen atoms in total. The molecule has 0 aliphatic carbocycles. The maximum atomic E-state index is 9.85. The molecule has 1 aromatic rings. The first-order valence-electron chi connectivity index (χ1n) is 7.51. The van der Waals surface area contributed by atoms with Gasteiger partial charge in [-0.1, -0.05) is 23.2 Å². The fraction of sp³-hybridized carbons (Fsp3) is 0.625. The molecule has 0 radical (unpaired) electrons. The lowest BCUT2D eigenvalue weighted by atomic mass is 9.76. The van der Waals surface area contributed by atoms with E-state index in [4.69, 9.17) is 32.7 Å². The first kappa shape index (κ1) is 16.3. The zero-order valence-electron chi connectivity index (χ0n) is 12.6. The molecule has 2 heterocycles. The molecule has 0 saturated carbocycles. The van der Waals surface area contributed by atoms with Gasteiger partial charge in [0.2, 0.25) is 0 Å². The molecule has 2 aliphatic heterocycles. The highest BCUT2D eigenvalue weighted by Gasteiger charge is 2.48. The van der Waals surface area contributed by atoms with Crippen LogP contribution in [0, 0.1) is 11.3 Å². The second-order valence-corrected chi connectivity index (χ2v) is 7.15. The van der Waals surface area contributed by atoms with E-state index in [0.717, 1.165) is 31.7 Å². The van der Waals surface area contributed by atoms with Gasteiger partial charge in [-0.2, -0.15) is 0 Å². The fourth-order valence-corrected chi connectivity index (χ4v) is 4.36. The summed E-state index contributed by atoms with van der Waals surface area (Å²) < 4.78 is 11.0. The molecular weight excluding hydrogens is 325 g/mol. The topological polar surface area (TPSA) is 41.9 Å². The molecule has 1 N–H and O–H groups in total. The SMILES string of the molecule is COc1c(Cl)cc(Cl)cc1CN1C[C@@H]2CCOC[C@]2(CO)C1. The highest BCUT2D eigenvalue weighted by molar-refractivity contribution is 6.35. The zero-order chi connectivity index (χ0) is 15.7. The molecule has 2 aliphatic rings. The van der Waals surface area contributed by atoms with Crippen molar-refractivity contribution < 1.29 is 14.6 Å². The summed E-state index contributed by atoms with van der Waals surface area (Å²) in [5.74, 6) is 1.15. The lowest BCUT2D eigenvalue weighted by Gasteiger charge is -2.36. The van der Waals surface area contributed by atoms with Crippen molar-refractivity contribution >= 4 is 23.2 Å². The van der Waals surface area contributed by atoms with Crippen molar-refractivity contribution in [1.82, 2.24) is 4.90 Å². The average molecular weight is 346 g/mol. The number of aliphatic hydroxyl groups is 1. The normalized spacial score (nSPS) is 28.6. The van der Waals surface area contributed by atoms with Gasteiger partial charge in [0.1, 0.15) is 5.75 Å². The van der Waals surface area contributed by atoms with Crippen molar-refractivity contribution in [3.63, 3.8) is 0 Å². The third kappa shape index (κ3) is 2.95. The van der Waals surface area contributed by atoms with Crippen LogP contribution in [0.1, 0.15) is 12.0 Å². The minimum atomic E-state index is -0.131. The van der Waals surface area contributed by atoms with E-state index >= 15 is 0 Å². The van der Waals surface area contributed by atoms with Gasteiger partial charge >= 0.3 is 0 Å². The van der Waals surface area contributed by atoms with E-state index in [0.29, 0.717) is 34.9 Å². The van der Waals surface area contributed by atoms with Crippen molar-refractivity contribution in [2.45, 2.75) is 13.0 Å². The summed E-state index contributed by atoms with van der Waals surface area (Å²) in [5.41, 5.74) is 0.848. The van der Waals surface area contributed by atoms with E-state index in [1.54, 1.807) is 13.2 Å². The molecule has 6 heteroatoms. The van der Waals surface area contributed by atoms with Gasteiger partial charge in [-0.05, 0) is 24.5 Å². The summed E-state index contributed by atoms with van der Waals surface area (Å²) in [4.78, 5) is 2.33. The summed E-state index contributed by atoms with van der Waals surface area (Å²) in [6.45, 7) is 4.08. The molecule has 0 aromatic heterocycles. The smallest absolute Gasteiger partial charge is 0.142 e. The van der Waals surface area contributed by atoms with Gasteiger partial charge in [0.25, 0.3) is 0 Å². The maximum Gasteiger partial charge on any atom is 0.142 e. The highest BCUT2D eigenvalue weighted by Crippen LogP contribution is 2.42. The van der Waals surface area contributed by atoms with Crippen LogP contribution in [-0.2, 0) is 11.3 Å². The first-order chi connectivity index (χ1) is 10.6. The van der Waals surface area contributed by atoms with Crippen LogP contribution in [0.25, 0.3) is 0 Å². The number of hydrogen-bond acceptors (Lipinski definition) is 4. The Morgan fingerprint density at radius 1 is 1.45 bits per heavy atom. The number of benzene rings is 1. The molecule has 1 aromatic carbocycles. The number of nitrogens with zero attached hydrogens (tertiary/aromatic N) is 1. The Bertz CT molecular complexity index is 554. The molecule has 0 bridgehead atoms. The highest BCUT2D eigenvalue weighted by atomic mass is 35.5. The minimum Gasteiger partial charge on any atom is -0.495 e. The Morgan fingerprint density at radius 3 is 2.95 bits per heavy atom. The molecule has 2 saturated heterocycles. The van der Waals surface area contributed by atoms with Crippen LogP contribution < -0.4 is 4.74 Å². The lowest BCUT2D eigenvalue weighted by Crippen LogP contribution is -2.42. The molecule has 2 fully saturated rings. The van der Waals surface area contributed by atoms with Crippen molar-refractivity contribution in [1.29, 1.82) is 0 Å². The Hall–Kier alpha value is -0.520. The van der Waals surface area contributed by atoms with Crippen LogP contribution >= 0.6 is 23.2 Å². The molecular formula is C16H21Cl2NO3. The van der Waals surface area contributed by atoms with E-state index in [9.17, 15) is 5.11 Å². The largest absolute Gasteiger partial charge is 0.495 e. The zero-order valence-corrected chi connectivity index (χ0v) is 14.2. The second kappa shape index (κ2) is 6.54. The summed E-state index contributed by atoms with van der Waals surface area (Å²) >= 11 is 12.3. The molecule has 0 amide bonds. The average Bonchev–Trinajstić information content (AvgIpc) is 2.85. The quantitative estimate of drug-likeness (QED) is 0.910. The Kier molecular flexibility index (Phi) is 4.86. The van der Waals surface area contributed by atoms with Crippen LogP contribution in [0.5, 0.6) is 5.75 Å². The van der Waals surface area contributed by atoms with Gasteiger partial charge in [-0.15, -0.1) is 0 Å². The Labute approximate surface area is 140 Å². The number of methoxy groups -OCH3 is 1. The number of fused-ring (bicyclic) bond motifs is 1. The monoisotopic (exact) mass is 345 g/mol. The van der Waals surface area contributed by atoms with Crippen molar-refractivity contribution in [3.05, 3.63) is 27.7 Å². The summed E-state index contributed by atoms with van der Waals surface area (Å²) in [6, 6.07) is 3.59. The van der Waals surface area contributed by atoms with Crippen molar-refractivity contribution in [2.75, 3.05) is 40.0 Å². The fourth-order valence-electron chi connectivity index (χ4n) is 3.75. The number of rotatable bonds is 4. The Balaban J connectivity index is 1.80. The molecule has 3 rings (SSSR count). The van der Waals surface area contributed by atoms with Crippen molar-refractivity contribution in [3.8, 4) is 5.75 Å². The van der Waals surface area contributed by atoms with Gasteiger partial charge in [-0.3, -0.25) is 4.90 Å². The molecule has 2 atom stereocenters. The number of halogens is 2. The second-order valence-electron chi connectivity index (χ2n) is 6.31. The predicted molar refractivity (Wildman–Crippen MR) is 86.7 cm³/mol. The summed E-state index contributed by atoms with van der Waals surface area (Å²) in [5, 5.41) is 11.0. The van der Waals surface area contributed by atoms with E-state index in [2.05, 4.69) is 4.90 Å². The summed E-state index contributed by atoms with van der Waals surface area (Å²) in [7, 11) is 1.62. The van der Waals surface area contributed by atoms with E-state index in [-0.39, 0.29) is 12.0 Å². The van der Waals surface area contributed by atoms with Crippen LogP contribution in [0.3, 0.4) is 0 Å². The third-order valence-corrected chi connectivity index (χ3v) is 5.38. The van der Waals surface area contributed by atoms with E-state index in [1.807, 2.05) is 6.07 Å². The number of aliphatic hydroxyl groups excluding tert-OH is 1. The molecule has 0 spiro atoms. The number of ether oxygens (including phenoxy) is 2. The Morgan fingerprint density at radius 2 is 2.27 bits per heavy atom. The van der Waals surface area contributed by atoms with Crippen LogP contribution in [0.15, 0.2) is 12.1 Å². The predicted octanol–water partition coefficient (Wildman–Crippen LogP) is 2.83. The van der Waals surface area contributed by atoms with Gasteiger partial charge in [0, 0.05) is 42.2 Å². The van der Waals surface area contributed by atoms with Gasteiger partial charge in [0.15, 0.2) is 0 Å². The van der Waals surface area contributed by atoms with Gasteiger partial charge in [-0.25, -0.2) is 0 Å². The van der Waals surface area contributed by atoms with Crippen LogP contribution in [-0.4, -0.2) is 50.0 Å². The molecule has 0 unspecified atom stereocenters. The van der Waals surface area contributed by atoms with Crippen LogP contribution in [0.4, 0.5) is 0 Å². The number of likely N-dealkylation sites (tertiary alicyclic amines) is 1. The summed E-state index contributed by atoms with van der Waals surface area (Å²) in [6.07, 6.45) is 1.00. The number of hydrogen-bond donors (Lipinski definition) is 1. The standard InChI is InChI=1S/C16H21Cl2NO3/c1-21-15-11(4-13(17)5-14(15)18)6-19-7-12-2-3-22-10-16(12,8-19)9-20/h4-5,12,20H,2-3,6-10H2,1H3/t12-,16+/m0/s1. The molecule has 122 valence electrons. The lowest BCUT2D eigenvalue weighted by molar-refractivity contribution is -0.0561. The van der Waals surface area contributed by atoms with E-state index in [1.165, 1.54) is 0 Å². The molecule has 22 heavy (non-hydrogen) atoms. The van der Waals surface area contributed by atoms with Gasteiger partial charge in [0.05, 0.1) is 25.3 Å². The van der Waals surface area contributed by atoms with Crippen LogP contribution in [0.2, 0.25) is 10.0 Å². The van der Waals surface area contributed by atoms with E-state index < -0.39 is 0 Å². The maximum absolute atomic E-state index is 9.85. The first-order valence-corrected chi connectivity index (χ1v) is 8.26. The van der Waals surface area contributed by atoms with Crippen molar-refractivity contribution in [2.24, 2.45) is 11.3 Å². The third-order valence-electron chi connectivity index (χ3n) is 4.88. The minimum absolute atomic E-state index is 0.131.